The maximum atomic E-state index is 11.8. The lowest BCUT2D eigenvalue weighted by molar-refractivity contribution is -0.136. The summed E-state index contributed by atoms with van der Waals surface area (Å²) in [6, 6.07) is 15.4. The summed E-state index contributed by atoms with van der Waals surface area (Å²) in [4.78, 5) is 22.2. The van der Waals surface area contributed by atoms with E-state index >= 15 is 0 Å². The Bertz CT molecular complexity index is 627. The number of rotatable bonds is 5. The molecule has 0 aliphatic rings. The molecule has 0 fully saturated rings. The molecule has 1 N–H and O–H groups in total. The van der Waals surface area contributed by atoms with E-state index in [9.17, 15) is 9.59 Å². The fourth-order valence-electron chi connectivity index (χ4n) is 2.04. The minimum Gasteiger partial charge on any atom is -0.481 e. The minimum atomic E-state index is -0.949. The van der Waals surface area contributed by atoms with Crippen molar-refractivity contribution in [3.05, 3.63) is 59.7 Å². The molecule has 2 rings (SSSR count). The van der Waals surface area contributed by atoms with Gasteiger partial charge in [-0.15, -0.1) is 0 Å². The molecule has 2 aromatic rings. The summed E-state index contributed by atoms with van der Waals surface area (Å²) >= 11 is 0. The Morgan fingerprint density at radius 1 is 0.909 bits per heavy atom. The van der Waals surface area contributed by atoms with Crippen molar-refractivity contribution in [2.75, 3.05) is 0 Å². The highest BCUT2D eigenvalue weighted by Gasteiger charge is 2.08. The molecule has 22 heavy (non-hydrogen) atoms. The van der Waals surface area contributed by atoms with Crippen molar-refractivity contribution in [1.82, 2.24) is 0 Å². The lowest BCUT2D eigenvalue weighted by atomic mass is 10.00. The Morgan fingerprint density at radius 3 is 2.09 bits per heavy atom. The van der Waals surface area contributed by atoms with Crippen LogP contribution in [0.1, 0.15) is 42.6 Å². The van der Waals surface area contributed by atoms with E-state index in [4.69, 9.17) is 5.11 Å². The van der Waals surface area contributed by atoms with E-state index in [1.54, 1.807) is 12.1 Å². The van der Waals surface area contributed by atoms with Crippen LogP contribution in [0, 0.1) is 6.92 Å². The van der Waals surface area contributed by atoms with Gasteiger partial charge in [-0.3, -0.25) is 9.59 Å². The van der Waals surface area contributed by atoms with Gasteiger partial charge in [0.15, 0.2) is 5.78 Å². The minimum absolute atomic E-state index is 0.0408. The molecule has 0 heterocycles. The molecule has 0 bridgehead atoms. The first-order valence-electron chi connectivity index (χ1n) is 7.48. The van der Waals surface area contributed by atoms with E-state index in [0.29, 0.717) is 5.56 Å². The van der Waals surface area contributed by atoms with Crippen LogP contribution < -0.4 is 0 Å². The summed E-state index contributed by atoms with van der Waals surface area (Å²) in [5, 5.41) is 8.58. The third-order valence-corrected chi connectivity index (χ3v) is 3.12. The van der Waals surface area contributed by atoms with Gasteiger partial charge in [-0.2, -0.15) is 0 Å². The Labute approximate surface area is 131 Å². The summed E-state index contributed by atoms with van der Waals surface area (Å²) < 4.78 is 0. The van der Waals surface area contributed by atoms with Crippen LogP contribution in [0.4, 0.5) is 0 Å². The number of carbonyl (C=O) groups excluding carboxylic acids is 1. The first kappa shape index (κ1) is 17.6. The van der Waals surface area contributed by atoms with Crippen LogP contribution in [-0.2, 0) is 4.79 Å². The summed E-state index contributed by atoms with van der Waals surface area (Å²) in [5.74, 6) is -1.09. The molecule has 0 spiro atoms. The number of carboxylic acid groups (broad SMARTS) is 1. The first-order chi connectivity index (χ1) is 10.6. The predicted molar refractivity (Wildman–Crippen MR) is 89.2 cm³/mol. The second-order valence-electron chi connectivity index (χ2n) is 4.76. The molecule has 2 aromatic carbocycles. The lowest BCUT2D eigenvalue weighted by Crippen LogP contribution is -2.03. The molecule has 0 aliphatic carbocycles. The highest BCUT2D eigenvalue weighted by atomic mass is 16.4. The van der Waals surface area contributed by atoms with Crippen LogP contribution in [0.5, 0.6) is 0 Å². The number of carboxylic acids is 1. The van der Waals surface area contributed by atoms with Gasteiger partial charge in [0.2, 0.25) is 0 Å². The zero-order valence-corrected chi connectivity index (χ0v) is 13.3. The fraction of sp³-hybridized carbons (Fsp3) is 0.263. The van der Waals surface area contributed by atoms with Crippen molar-refractivity contribution < 1.29 is 14.7 Å². The van der Waals surface area contributed by atoms with E-state index in [1.807, 2.05) is 51.1 Å². The highest BCUT2D eigenvalue weighted by molar-refractivity contribution is 5.97. The molecule has 0 aliphatic heterocycles. The van der Waals surface area contributed by atoms with Gasteiger partial charge in [0.1, 0.15) is 0 Å². The van der Waals surface area contributed by atoms with Crippen LogP contribution in [0.2, 0.25) is 0 Å². The highest BCUT2D eigenvalue weighted by Crippen LogP contribution is 2.21. The first-order valence-corrected chi connectivity index (χ1v) is 7.48. The summed E-state index contributed by atoms with van der Waals surface area (Å²) in [6.07, 6.45) is -0.0857. The second kappa shape index (κ2) is 8.78. The van der Waals surface area contributed by atoms with Gasteiger partial charge in [-0.25, -0.2) is 0 Å². The van der Waals surface area contributed by atoms with Crippen LogP contribution in [0.3, 0.4) is 0 Å². The van der Waals surface area contributed by atoms with Crippen LogP contribution in [0.25, 0.3) is 11.1 Å². The van der Waals surface area contributed by atoms with Gasteiger partial charge in [-0.1, -0.05) is 67.9 Å². The van der Waals surface area contributed by atoms with E-state index in [0.717, 1.165) is 11.1 Å². The van der Waals surface area contributed by atoms with Crippen molar-refractivity contribution in [2.45, 2.75) is 33.6 Å². The van der Waals surface area contributed by atoms with Crippen LogP contribution >= 0.6 is 0 Å². The Hall–Kier alpha value is -2.42. The quantitative estimate of drug-likeness (QED) is 0.811. The fourth-order valence-corrected chi connectivity index (χ4v) is 2.04. The van der Waals surface area contributed by atoms with Crippen molar-refractivity contribution >= 4 is 11.8 Å². The summed E-state index contributed by atoms with van der Waals surface area (Å²) in [6.45, 7) is 6.04. The third kappa shape index (κ3) is 5.17. The Morgan fingerprint density at radius 2 is 1.55 bits per heavy atom. The van der Waals surface area contributed by atoms with E-state index in [2.05, 4.69) is 6.07 Å². The molecule has 0 saturated heterocycles. The van der Waals surface area contributed by atoms with Crippen LogP contribution in [0.15, 0.2) is 48.5 Å². The third-order valence-electron chi connectivity index (χ3n) is 3.12. The molecule has 3 nitrogen and oxygen atoms in total. The van der Waals surface area contributed by atoms with Crippen molar-refractivity contribution in [2.24, 2.45) is 0 Å². The molecule has 0 unspecified atom stereocenters. The molecular weight excluding hydrogens is 276 g/mol. The zero-order chi connectivity index (χ0) is 16.5. The number of carbonyl (C=O) groups is 2. The molecular formula is C19H22O3. The molecule has 0 saturated carbocycles. The summed E-state index contributed by atoms with van der Waals surface area (Å²) in [7, 11) is 0. The van der Waals surface area contributed by atoms with Crippen molar-refractivity contribution in [3.8, 4) is 11.1 Å². The SMILES string of the molecule is CC.Cc1cccc(-c2ccc(C(=O)CCC(=O)O)cc2)c1. The second-order valence-corrected chi connectivity index (χ2v) is 4.76. The molecule has 0 radical (unpaired) electrons. The lowest BCUT2D eigenvalue weighted by Gasteiger charge is -2.04. The normalized spacial score (nSPS) is 9.59. The number of benzene rings is 2. The standard InChI is InChI=1S/C17H16O3.C2H6/c1-12-3-2-4-15(11-12)13-5-7-14(8-6-13)16(18)9-10-17(19)20;1-2/h2-8,11H,9-10H2,1H3,(H,19,20);1-2H3. The monoisotopic (exact) mass is 298 g/mol. The smallest absolute Gasteiger partial charge is 0.303 e. The van der Waals surface area contributed by atoms with E-state index in [-0.39, 0.29) is 18.6 Å². The average molecular weight is 298 g/mol. The van der Waals surface area contributed by atoms with Gasteiger partial charge in [0.05, 0.1) is 6.42 Å². The molecule has 0 atom stereocenters. The van der Waals surface area contributed by atoms with E-state index in [1.165, 1.54) is 5.56 Å². The zero-order valence-electron chi connectivity index (χ0n) is 13.3. The number of hydrogen-bond donors (Lipinski definition) is 1. The van der Waals surface area contributed by atoms with Gasteiger partial charge < -0.3 is 5.11 Å². The van der Waals surface area contributed by atoms with Gasteiger partial charge in [0.25, 0.3) is 0 Å². The predicted octanol–water partition coefficient (Wildman–Crippen LogP) is 4.74. The Kier molecular flexibility index (Phi) is 7.03. The number of hydrogen-bond acceptors (Lipinski definition) is 2. The van der Waals surface area contributed by atoms with Gasteiger partial charge in [0, 0.05) is 12.0 Å². The average Bonchev–Trinajstić information content (AvgIpc) is 2.54. The summed E-state index contributed by atoms with van der Waals surface area (Å²) in [5.41, 5.74) is 3.89. The number of aliphatic carboxylic acids is 1. The van der Waals surface area contributed by atoms with Crippen molar-refractivity contribution in [3.63, 3.8) is 0 Å². The maximum Gasteiger partial charge on any atom is 0.303 e. The molecule has 0 amide bonds. The van der Waals surface area contributed by atoms with Crippen molar-refractivity contribution in [1.29, 1.82) is 0 Å². The maximum absolute atomic E-state index is 11.8. The number of Topliss-reactive ketones (excluding diaryl/α,β-unsaturated/α-hetero) is 1. The molecule has 116 valence electrons. The van der Waals surface area contributed by atoms with Gasteiger partial charge in [-0.05, 0) is 18.1 Å². The topological polar surface area (TPSA) is 54.4 Å². The Balaban J connectivity index is 0.00000116. The van der Waals surface area contributed by atoms with Gasteiger partial charge >= 0.3 is 5.97 Å². The van der Waals surface area contributed by atoms with E-state index < -0.39 is 5.97 Å². The molecule has 3 heteroatoms. The molecule has 0 aromatic heterocycles. The largest absolute Gasteiger partial charge is 0.481 e. The number of ketones is 1. The number of aryl methyl sites for hydroxylation is 1. The van der Waals surface area contributed by atoms with Crippen LogP contribution in [-0.4, -0.2) is 16.9 Å².